The van der Waals surface area contributed by atoms with E-state index in [0.29, 0.717) is 18.4 Å². The van der Waals surface area contributed by atoms with Gasteiger partial charge < -0.3 is 9.79 Å². The first-order valence-electron chi connectivity index (χ1n) is 7.92. The van der Waals surface area contributed by atoms with Crippen LogP contribution in [0.1, 0.15) is 39.0 Å². The molecule has 4 unspecified atom stereocenters. The van der Waals surface area contributed by atoms with Crippen LogP contribution in [0.5, 0.6) is 0 Å². The molecule has 0 bridgehead atoms. The van der Waals surface area contributed by atoms with Gasteiger partial charge in [-0.2, -0.15) is 9.69 Å². The van der Waals surface area contributed by atoms with Crippen LogP contribution in [-0.4, -0.2) is 39.5 Å². The minimum Gasteiger partial charge on any atom is -0.755 e. The van der Waals surface area contributed by atoms with Crippen LogP contribution in [0.4, 0.5) is 0 Å². The molecule has 2 heterocycles. The Labute approximate surface area is 139 Å². The number of allylic oxidation sites excluding steroid dienone is 1. The van der Waals surface area contributed by atoms with Crippen LogP contribution in [0.15, 0.2) is 10.6 Å². The van der Waals surface area contributed by atoms with Crippen molar-refractivity contribution >= 4 is 19.6 Å². The van der Waals surface area contributed by atoms with Crippen molar-refractivity contribution in [3.8, 4) is 0 Å². The van der Waals surface area contributed by atoms with Crippen molar-refractivity contribution in [2.45, 2.75) is 50.6 Å². The lowest BCUT2D eigenvalue weighted by Crippen LogP contribution is -2.47. The third-order valence-corrected chi connectivity index (χ3v) is 6.29. The fourth-order valence-corrected chi connectivity index (χ4v) is 5.51. The van der Waals surface area contributed by atoms with Crippen molar-refractivity contribution in [2.24, 2.45) is 5.92 Å². The highest BCUT2D eigenvalue weighted by molar-refractivity contribution is 8.04. The Bertz CT molecular complexity index is 587. The van der Waals surface area contributed by atoms with Crippen molar-refractivity contribution in [1.82, 2.24) is 9.96 Å². The molecule has 0 radical (unpaired) electrons. The number of diazo groups is 1. The van der Waals surface area contributed by atoms with Gasteiger partial charge in [-0.15, -0.1) is 0 Å². The summed E-state index contributed by atoms with van der Waals surface area (Å²) in [6, 6.07) is 0.447. The van der Waals surface area contributed by atoms with Gasteiger partial charge in [0.1, 0.15) is 0 Å². The smallest absolute Gasteiger partial charge is 0.463 e. The quantitative estimate of drug-likeness (QED) is 0.600. The minimum absolute atomic E-state index is 0.433. The van der Waals surface area contributed by atoms with Crippen LogP contribution in [-0.2, 0) is 9.19 Å². The fourth-order valence-electron chi connectivity index (χ4n) is 3.89. The Morgan fingerprint density at radius 2 is 2.35 bits per heavy atom. The lowest BCUT2D eigenvalue weighted by Gasteiger charge is -2.44. The van der Waals surface area contributed by atoms with Crippen molar-refractivity contribution < 1.29 is 19.0 Å². The number of likely N-dealkylation sites (tertiary alicyclic amines) is 1. The van der Waals surface area contributed by atoms with Crippen molar-refractivity contribution in [2.75, 3.05) is 13.1 Å². The Hall–Kier alpha value is -0.620. The molecule has 1 N–H and O–H groups in total. The molecular weight excluding hydrogens is 339 g/mol. The minimum atomic E-state index is -4.94. The van der Waals surface area contributed by atoms with Crippen LogP contribution in [0.2, 0.25) is 0 Å². The average molecular weight is 360 g/mol. The zero-order valence-corrected chi connectivity index (χ0v) is 14.7. The highest BCUT2D eigenvalue weighted by atomic mass is 32.2. The van der Waals surface area contributed by atoms with E-state index in [1.165, 1.54) is 11.8 Å². The molecule has 0 spiro atoms. The molecular formula is C13H21N4O4PS. The van der Waals surface area contributed by atoms with E-state index in [-0.39, 0.29) is 0 Å². The SMILES string of the molecule is CCCN1CCCC2CC3=C(CC21)SC([N+]#N)N3OP(=O)([O-])O. The van der Waals surface area contributed by atoms with Gasteiger partial charge in [0, 0.05) is 10.9 Å². The first kappa shape index (κ1) is 17.2. The van der Waals surface area contributed by atoms with E-state index in [0.717, 1.165) is 54.4 Å². The molecule has 23 heavy (non-hydrogen) atoms. The second-order valence-corrected chi connectivity index (χ2v) is 8.47. The van der Waals surface area contributed by atoms with Gasteiger partial charge in [-0.1, -0.05) is 6.92 Å². The van der Waals surface area contributed by atoms with Crippen molar-refractivity contribution in [1.29, 1.82) is 5.39 Å². The lowest BCUT2D eigenvalue weighted by molar-refractivity contribution is -0.246. The summed E-state index contributed by atoms with van der Waals surface area (Å²) in [4.78, 5) is 26.8. The molecule has 0 aromatic heterocycles. The third kappa shape index (κ3) is 3.58. The van der Waals surface area contributed by atoms with Crippen LogP contribution in [0.3, 0.4) is 0 Å². The predicted octanol–water partition coefficient (Wildman–Crippen LogP) is 2.06. The fraction of sp³-hybridized carbons (Fsp3) is 0.846. The van der Waals surface area contributed by atoms with Crippen LogP contribution >= 0.6 is 19.6 Å². The normalized spacial score (nSPS) is 33.8. The largest absolute Gasteiger partial charge is 0.755 e. The zero-order valence-electron chi connectivity index (χ0n) is 13.0. The van der Waals surface area contributed by atoms with Gasteiger partial charge in [0.15, 0.2) is 4.98 Å². The summed E-state index contributed by atoms with van der Waals surface area (Å²) >= 11 is 1.29. The van der Waals surface area contributed by atoms with Gasteiger partial charge in [-0.3, -0.25) is 9.46 Å². The van der Waals surface area contributed by atoms with Gasteiger partial charge in [0.2, 0.25) is 5.39 Å². The first-order chi connectivity index (χ1) is 10.9. The summed E-state index contributed by atoms with van der Waals surface area (Å²) in [5.74, 6) is 0.433. The number of nitrogens with zero attached hydrogens (tertiary/aromatic N) is 4. The molecule has 1 aliphatic carbocycles. The molecule has 0 aromatic rings. The summed E-state index contributed by atoms with van der Waals surface area (Å²) in [6.07, 6.45) is 4.82. The Morgan fingerprint density at radius 1 is 1.57 bits per heavy atom. The monoisotopic (exact) mass is 360 g/mol. The number of hydrogen-bond acceptors (Lipinski definition) is 7. The van der Waals surface area contributed by atoms with Crippen LogP contribution < -0.4 is 4.89 Å². The molecule has 10 heteroatoms. The maximum atomic E-state index is 11.1. The second kappa shape index (κ2) is 6.71. The molecule has 0 amide bonds. The molecule has 4 atom stereocenters. The predicted molar refractivity (Wildman–Crippen MR) is 83.8 cm³/mol. The van der Waals surface area contributed by atoms with Gasteiger partial charge >= 0.3 is 5.50 Å². The highest BCUT2D eigenvalue weighted by Crippen LogP contribution is 2.52. The van der Waals surface area contributed by atoms with Crippen LogP contribution in [0.25, 0.3) is 4.98 Å². The number of fused-ring (bicyclic) bond motifs is 1. The molecule has 0 saturated carbocycles. The molecule has 2 aliphatic heterocycles. The third-order valence-electron chi connectivity index (χ3n) is 4.72. The van der Waals surface area contributed by atoms with E-state index in [4.69, 9.17) is 10.3 Å². The number of hydrogen-bond donors (Lipinski definition) is 1. The van der Waals surface area contributed by atoms with Gasteiger partial charge in [-0.25, -0.2) is 0 Å². The maximum Gasteiger partial charge on any atom is 0.463 e. The Kier molecular flexibility index (Phi) is 5.02. The van der Waals surface area contributed by atoms with Gasteiger partial charge in [-0.05, 0) is 62.9 Å². The number of phosphoric acid groups is 1. The van der Waals surface area contributed by atoms with Crippen molar-refractivity contribution in [3.05, 3.63) is 15.6 Å². The molecule has 3 rings (SSSR count). The first-order valence-corrected chi connectivity index (χ1v) is 10.3. The highest BCUT2D eigenvalue weighted by Gasteiger charge is 2.49. The molecule has 3 aliphatic rings. The Morgan fingerprint density at radius 3 is 3.00 bits per heavy atom. The molecule has 128 valence electrons. The van der Waals surface area contributed by atoms with E-state index in [1.807, 2.05) is 0 Å². The van der Waals surface area contributed by atoms with Crippen LogP contribution in [0, 0.1) is 11.3 Å². The standard InChI is InChI=1S/C13H21N4O4PS/c1-2-5-16-6-3-4-9-7-11-12(8-10(9)16)23-13(15-14)17(11)21-22(18,19)20/h9-10,13H,2-8H2,1H3,(H-,18,19,20). The molecule has 8 nitrogen and oxygen atoms in total. The average Bonchev–Trinajstić information content (AvgIpc) is 2.81. The number of hydroxylamine groups is 2. The van der Waals surface area contributed by atoms with E-state index >= 15 is 0 Å². The van der Waals surface area contributed by atoms with Crippen molar-refractivity contribution in [3.63, 3.8) is 0 Å². The summed E-state index contributed by atoms with van der Waals surface area (Å²) in [5, 5.41) is 10.2. The Balaban J connectivity index is 1.83. The summed E-state index contributed by atoms with van der Waals surface area (Å²) in [5.41, 5.74) is -0.156. The van der Waals surface area contributed by atoms with E-state index in [2.05, 4.69) is 21.4 Å². The van der Waals surface area contributed by atoms with E-state index in [9.17, 15) is 9.46 Å². The van der Waals surface area contributed by atoms with Gasteiger partial charge in [0.25, 0.3) is 7.82 Å². The summed E-state index contributed by atoms with van der Waals surface area (Å²) in [6.45, 7) is 4.34. The summed E-state index contributed by atoms with van der Waals surface area (Å²) < 4.78 is 15.8. The van der Waals surface area contributed by atoms with Gasteiger partial charge in [0.05, 0.1) is 5.70 Å². The number of thioether (sulfide) groups is 1. The topological polar surface area (TPSA) is 104 Å². The zero-order chi connectivity index (χ0) is 16.6. The number of piperidine rings is 1. The molecule has 0 aromatic carbocycles. The van der Waals surface area contributed by atoms with E-state index < -0.39 is 13.3 Å². The second-order valence-electron chi connectivity index (χ2n) is 6.22. The maximum absolute atomic E-state index is 11.1. The molecule has 1 fully saturated rings. The number of rotatable bonds is 4. The van der Waals surface area contributed by atoms with E-state index in [1.54, 1.807) is 0 Å². The molecule has 1 saturated heterocycles. The lowest BCUT2D eigenvalue weighted by atomic mass is 9.80. The summed E-state index contributed by atoms with van der Waals surface area (Å²) in [7, 11) is -4.94.